The molecule has 0 fully saturated rings. The van der Waals surface area contributed by atoms with E-state index in [2.05, 4.69) is 26.2 Å². The number of benzene rings is 1. The summed E-state index contributed by atoms with van der Waals surface area (Å²) in [6.07, 6.45) is 1.84. The normalized spacial score (nSPS) is 12.2. The van der Waals surface area contributed by atoms with Gasteiger partial charge in [0.25, 0.3) is 0 Å². The van der Waals surface area contributed by atoms with Gasteiger partial charge in [0.1, 0.15) is 5.01 Å². The van der Waals surface area contributed by atoms with Crippen molar-refractivity contribution in [2.45, 2.75) is 19.9 Å². The number of carboxylic acids is 1. The zero-order valence-electron chi connectivity index (χ0n) is 10.5. The maximum absolute atomic E-state index is 11.0. The van der Waals surface area contributed by atoms with Gasteiger partial charge in [-0.05, 0) is 32.0 Å². The molecule has 0 amide bonds. The SMILES string of the molecule is Cc1cnc(C(C)Nc2cc(Br)cc(C(=O)O)c2)s1. The van der Waals surface area contributed by atoms with Gasteiger partial charge >= 0.3 is 5.97 Å². The van der Waals surface area contributed by atoms with Gasteiger partial charge in [0.15, 0.2) is 0 Å². The van der Waals surface area contributed by atoms with E-state index in [0.717, 1.165) is 20.0 Å². The van der Waals surface area contributed by atoms with Gasteiger partial charge in [-0.2, -0.15) is 0 Å². The number of nitrogens with one attached hydrogen (secondary N) is 1. The Bertz CT molecular complexity index is 612. The van der Waals surface area contributed by atoms with Crippen LogP contribution in [0.5, 0.6) is 0 Å². The van der Waals surface area contributed by atoms with Crippen LogP contribution in [0.1, 0.15) is 33.2 Å². The number of aromatic carboxylic acids is 1. The molecule has 19 heavy (non-hydrogen) atoms. The number of nitrogens with zero attached hydrogens (tertiary/aromatic N) is 1. The quantitative estimate of drug-likeness (QED) is 0.879. The molecular formula is C13H13BrN2O2S. The van der Waals surface area contributed by atoms with E-state index >= 15 is 0 Å². The Morgan fingerprint density at radius 3 is 2.79 bits per heavy atom. The topological polar surface area (TPSA) is 62.2 Å². The van der Waals surface area contributed by atoms with E-state index in [1.165, 1.54) is 0 Å². The van der Waals surface area contributed by atoms with E-state index in [-0.39, 0.29) is 11.6 Å². The highest BCUT2D eigenvalue weighted by Crippen LogP contribution is 2.26. The second-order valence-corrected chi connectivity index (χ2v) is 6.39. The van der Waals surface area contributed by atoms with Gasteiger partial charge in [-0.15, -0.1) is 11.3 Å². The second-order valence-electron chi connectivity index (χ2n) is 4.21. The average molecular weight is 341 g/mol. The molecule has 0 radical (unpaired) electrons. The predicted octanol–water partition coefficient (Wildman–Crippen LogP) is 4.09. The molecule has 100 valence electrons. The van der Waals surface area contributed by atoms with E-state index < -0.39 is 5.97 Å². The van der Waals surface area contributed by atoms with Crippen molar-refractivity contribution in [2.75, 3.05) is 5.32 Å². The number of rotatable bonds is 4. The van der Waals surface area contributed by atoms with Gasteiger partial charge in [-0.1, -0.05) is 15.9 Å². The molecule has 2 aromatic rings. The van der Waals surface area contributed by atoms with Crippen LogP contribution in [0.15, 0.2) is 28.9 Å². The number of thiazole rings is 1. The zero-order chi connectivity index (χ0) is 14.0. The first kappa shape index (κ1) is 14.0. The number of carbonyl (C=O) groups is 1. The van der Waals surface area contributed by atoms with Crippen molar-refractivity contribution in [3.8, 4) is 0 Å². The highest BCUT2D eigenvalue weighted by molar-refractivity contribution is 9.10. The van der Waals surface area contributed by atoms with Crippen LogP contribution in [0.4, 0.5) is 5.69 Å². The molecule has 1 unspecified atom stereocenters. The molecule has 1 atom stereocenters. The highest BCUT2D eigenvalue weighted by atomic mass is 79.9. The van der Waals surface area contributed by atoms with Crippen LogP contribution in [0.25, 0.3) is 0 Å². The molecule has 0 saturated carbocycles. The fourth-order valence-electron chi connectivity index (χ4n) is 1.68. The molecule has 0 saturated heterocycles. The molecule has 1 aromatic carbocycles. The summed E-state index contributed by atoms with van der Waals surface area (Å²) in [5, 5.41) is 13.3. The molecule has 0 aliphatic carbocycles. The Hall–Kier alpha value is -1.40. The van der Waals surface area contributed by atoms with Gasteiger partial charge in [-0.25, -0.2) is 9.78 Å². The smallest absolute Gasteiger partial charge is 0.335 e. The minimum Gasteiger partial charge on any atom is -0.478 e. The third-order valence-electron chi connectivity index (χ3n) is 2.54. The Morgan fingerprint density at radius 1 is 1.47 bits per heavy atom. The summed E-state index contributed by atoms with van der Waals surface area (Å²) in [6.45, 7) is 4.01. The number of aryl methyl sites for hydroxylation is 1. The van der Waals surface area contributed by atoms with Crippen LogP contribution in [-0.4, -0.2) is 16.1 Å². The lowest BCUT2D eigenvalue weighted by atomic mass is 10.2. The lowest BCUT2D eigenvalue weighted by Gasteiger charge is -2.13. The van der Waals surface area contributed by atoms with E-state index in [9.17, 15) is 4.79 Å². The number of aromatic nitrogens is 1. The van der Waals surface area contributed by atoms with Crippen LogP contribution in [0.3, 0.4) is 0 Å². The summed E-state index contributed by atoms with van der Waals surface area (Å²) < 4.78 is 0.734. The number of anilines is 1. The van der Waals surface area contributed by atoms with Crippen molar-refractivity contribution in [3.63, 3.8) is 0 Å². The Kier molecular flexibility index (Phi) is 4.21. The number of hydrogen-bond donors (Lipinski definition) is 2. The fraction of sp³-hybridized carbons (Fsp3) is 0.231. The van der Waals surface area contributed by atoms with Crippen molar-refractivity contribution >= 4 is 38.9 Å². The summed E-state index contributed by atoms with van der Waals surface area (Å²) in [6, 6.07) is 5.08. The summed E-state index contributed by atoms with van der Waals surface area (Å²) in [4.78, 5) is 16.5. The van der Waals surface area contributed by atoms with Crippen molar-refractivity contribution in [1.29, 1.82) is 0 Å². The molecule has 1 aromatic heterocycles. The van der Waals surface area contributed by atoms with Crippen molar-refractivity contribution < 1.29 is 9.90 Å². The van der Waals surface area contributed by atoms with E-state index in [4.69, 9.17) is 5.11 Å². The fourth-order valence-corrected chi connectivity index (χ4v) is 2.95. The Morgan fingerprint density at radius 2 is 2.21 bits per heavy atom. The van der Waals surface area contributed by atoms with Crippen LogP contribution in [0.2, 0.25) is 0 Å². The lowest BCUT2D eigenvalue weighted by Crippen LogP contribution is -2.07. The minimum absolute atomic E-state index is 0.0367. The first-order valence-electron chi connectivity index (χ1n) is 5.68. The molecule has 0 aliphatic rings. The van der Waals surface area contributed by atoms with E-state index in [0.29, 0.717) is 0 Å². The average Bonchev–Trinajstić information content (AvgIpc) is 2.75. The molecule has 2 N–H and O–H groups in total. The molecule has 0 bridgehead atoms. The monoisotopic (exact) mass is 340 g/mol. The summed E-state index contributed by atoms with van der Waals surface area (Å²) in [7, 11) is 0. The molecule has 0 spiro atoms. The molecule has 2 rings (SSSR count). The largest absolute Gasteiger partial charge is 0.478 e. The number of hydrogen-bond acceptors (Lipinski definition) is 4. The van der Waals surface area contributed by atoms with Crippen molar-refractivity contribution in [1.82, 2.24) is 4.98 Å². The maximum Gasteiger partial charge on any atom is 0.335 e. The van der Waals surface area contributed by atoms with Crippen molar-refractivity contribution in [2.24, 2.45) is 0 Å². The number of halogens is 1. The molecule has 1 heterocycles. The van der Waals surface area contributed by atoms with Gasteiger partial charge in [-0.3, -0.25) is 0 Å². The van der Waals surface area contributed by atoms with Crippen LogP contribution in [0, 0.1) is 6.92 Å². The molecule has 4 nitrogen and oxygen atoms in total. The zero-order valence-corrected chi connectivity index (χ0v) is 12.9. The summed E-state index contributed by atoms with van der Waals surface area (Å²) >= 11 is 4.94. The van der Waals surface area contributed by atoms with Gasteiger partial charge in [0, 0.05) is 21.2 Å². The summed E-state index contributed by atoms with van der Waals surface area (Å²) in [5.41, 5.74) is 1.01. The third-order valence-corrected chi connectivity index (χ3v) is 4.09. The van der Waals surface area contributed by atoms with Crippen molar-refractivity contribution in [3.05, 3.63) is 44.3 Å². The van der Waals surface area contributed by atoms with Crippen LogP contribution in [-0.2, 0) is 0 Å². The summed E-state index contributed by atoms with van der Waals surface area (Å²) in [5.74, 6) is -0.943. The Labute approximate surface area is 123 Å². The van der Waals surface area contributed by atoms with E-state index in [1.807, 2.05) is 26.1 Å². The van der Waals surface area contributed by atoms with E-state index in [1.54, 1.807) is 23.5 Å². The van der Waals surface area contributed by atoms with Crippen LogP contribution < -0.4 is 5.32 Å². The highest BCUT2D eigenvalue weighted by Gasteiger charge is 2.11. The lowest BCUT2D eigenvalue weighted by molar-refractivity contribution is 0.0697. The third kappa shape index (κ3) is 3.54. The second kappa shape index (κ2) is 5.71. The van der Waals surface area contributed by atoms with Gasteiger partial charge < -0.3 is 10.4 Å². The minimum atomic E-state index is -0.943. The number of carboxylic acid groups (broad SMARTS) is 1. The molecular weight excluding hydrogens is 328 g/mol. The predicted molar refractivity (Wildman–Crippen MR) is 80.0 cm³/mol. The first-order chi connectivity index (χ1) is 8.95. The maximum atomic E-state index is 11.0. The van der Waals surface area contributed by atoms with Gasteiger partial charge in [0.2, 0.25) is 0 Å². The van der Waals surface area contributed by atoms with Gasteiger partial charge in [0.05, 0.1) is 11.6 Å². The molecule has 6 heteroatoms. The standard InChI is InChI=1S/C13H13BrN2O2S/c1-7-6-15-12(19-7)8(2)16-11-4-9(13(17)18)3-10(14)5-11/h3-6,8,16H,1-2H3,(H,17,18). The molecule has 0 aliphatic heterocycles. The Balaban J connectivity index is 2.21. The first-order valence-corrected chi connectivity index (χ1v) is 7.29. The van der Waals surface area contributed by atoms with Crippen LogP contribution >= 0.6 is 27.3 Å².